The van der Waals surface area contributed by atoms with E-state index in [0.29, 0.717) is 0 Å². The second-order valence-electron chi connectivity index (χ2n) is 4.00. The maximum atomic E-state index is 11.6. The Hall–Kier alpha value is 0.109. The molecule has 10 radical (unpaired) electrons. The summed E-state index contributed by atoms with van der Waals surface area (Å²) in [6.45, 7) is 0. The van der Waals surface area contributed by atoms with Crippen LogP contribution in [0.15, 0.2) is 22.0 Å². The molecule has 0 bridgehead atoms. The number of carbonyl (C=O) groups excluding carboxylic acids is 1. The number of allylic oxidation sites excluding steroid dienone is 1. The first-order valence-corrected chi connectivity index (χ1v) is 7.78. The van der Waals surface area contributed by atoms with Gasteiger partial charge in [0.2, 0.25) is 0 Å². The Kier molecular flexibility index (Phi) is 9.83. The molecule has 106 valence electrons. The second kappa shape index (κ2) is 10.8. The van der Waals surface area contributed by atoms with Crippen LogP contribution in [0, 0.1) is 63.7 Å². The molecule has 4 heteroatoms. The fourth-order valence-electron chi connectivity index (χ4n) is 1.53. The first-order valence-electron chi connectivity index (χ1n) is 6.10. The van der Waals surface area contributed by atoms with E-state index in [-0.39, 0.29) is 22.9 Å². The van der Waals surface area contributed by atoms with E-state index in [4.69, 9.17) is 0 Å². The number of hydrogen-bond donors (Lipinski definition) is 0. The van der Waals surface area contributed by atoms with Gasteiger partial charge in [-0.2, -0.15) is 0 Å². The van der Waals surface area contributed by atoms with Crippen LogP contribution < -0.4 is 0 Å². The van der Waals surface area contributed by atoms with E-state index in [9.17, 15) is 4.79 Å². The van der Waals surface area contributed by atoms with Crippen molar-refractivity contribution < 1.29 is 21.9 Å². The van der Waals surface area contributed by atoms with Crippen molar-refractivity contribution in [2.45, 2.75) is 0 Å². The zero-order chi connectivity index (χ0) is 14.2. The summed E-state index contributed by atoms with van der Waals surface area (Å²) in [5.41, 5.74) is 0. The van der Waals surface area contributed by atoms with Gasteiger partial charge in [0.1, 0.15) is 0 Å². The van der Waals surface area contributed by atoms with E-state index in [1.807, 2.05) is 75.3 Å². The smallest absolute Gasteiger partial charge is 0.294 e. The molecule has 1 heterocycles. The van der Waals surface area contributed by atoms with Gasteiger partial charge in [0.25, 0.3) is 0 Å². The van der Waals surface area contributed by atoms with Crippen molar-refractivity contribution in [3.05, 3.63) is 90.6 Å². The first-order chi connectivity index (χ1) is 9.75. The molecule has 3 rings (SSSR count). The van der Waals surface area contributed by atoms with E-state index in [0.717, 1.165) is 15.3 Å². The van der Waals surface area contributed by atoms with E-state index in [1.54, 1.807) is 17.4 Å². The van der Waals surface area contributed by atoms with Crippen molar-refractivity contribution in [1.29, 1.82) is 0 Å². The quantitative estimate of drug-likeness (QED) is 0.538. The Bertz CT molecular complexity index is 438. The summed E-state index contributed by atoms with van der Waals surface area (Å²) < 4.78 is 1.05. The third kappa shape index (κ3) is 7.27. The molecule has 2 saturated carbocycles. The van der Waals surface area contributed by atoms with Gasteiger partial charge in [0.05, 0.1) is 5.92 Å². The fourth-order valence-corrected chi connectivity index (χ4v) is 2.87. The van der Waals surface area contributed by atoms with E-state index >= 15 is 0 Å². The average Bonchev–Trinajstić information content (AvgIpc) is 3.19. The molecule has 0 spiro atoms. The molecular formula is C17H13BrFeOS+2. The Morgan fingerprint density at radius 3 is 2.05 bits per heavy atom. The van der Waals surface area contributed by atoms with Crippen LogP contribution >= 0.6 is 27.3 Å². The van der Waals surface area contributed by atoms with Gasteiger partial charge in [-0.15, -0.1) is 11.3 Å². The summed E-state index contributed by atoms with van der Waals surface area (Å²) in [4.78, 5) is 12.7. The predicted molar refractivity (Wildman–Crippen MR) is 88.0 cm³/mol. The summed E-state index contributed by atoms with van der Waals surface area (Å²) >= 11 is 4.97. The predicted octanol–water partition coefficient (Wildman–Crippen LogP) is 4.52. The Balaban J connectivity index is 0.000000313. The van der Waals surface area contributed by atoms with Gasteiger partial charge in [0.15, 0.2) is 5.78 Å². The van der Waals surface area contributed by atoms with Gasteiger partial charge in [-0.1, -0.05) is 0 Å². The summed E-state index contributed by atoms with van der Waals surface area (Å²) in [7, 11) is 0. The van der Waals surface area contributed by atoms with E-state index < -0.39 is 0 Å². The molecule has 1 nitrogen and oxygen atoms in total. The van der Waals surface area contributed by atoms with E-state index in [2.05, 4.69) is 15.9 Å². The second-order valence-corrected chi connectivity index (χ2v) is 5.86. The average molecular weight is 401 g/mol. The molecule has 0 atom stereocenters. The normalized spacial score (nSPS) is 18.3. The minimum absolute atomic E-state index is 0. The molecular weight excluding hydrogens is 388 g/mol. The topological polar surface area (TPSA) is 17.1 Å². The summed E-state index contributed by atoms with van der Waals surface area (Å²) in [6.07, 6.45) is 20.8. The first kappa shape index (κ1) is 19.2. The van der Waals surface area contributed by atoms with Crippen LogP contribution in [-0.2, 0) is 21.9 Å². The van der Waals surface area contributed by atoms with Crippen molar-refractivity contribution in [2.24, 2.45) is 0 Å². The van der Waals surface area contributed by atoms with Crippen molar-refractivity contribution in [3.63, 3.8) is 0 Å². The maximum Gasteiger partial charge on any atom is 2.00 e. The number of hydrogen-bond acceptors (Lipinski definition) is 2. The van der Waals surface area contributed by atoms with Crippen molar-refractivity contribution in [3.8, 4) is 0 Å². The SMILES string of the molecule is O=C(/C=C/c1cc(Br)cs1)[C]1[CH][CH][CH][CH]1.[CH]1[CH][CH][CH][CH]1.[Fe+2]. The molecule has 21 heavy (non-hydrogen) atoms. The minimum atomic E-state index is 0. The fraction of sp³-hybridized carbons (Fsp3) is 0. The number of rotatable bonds is 3. The molecule has 1 aromatic rings. The molecule has 1 aromatic heterocycles. The zero-order valence-electron chi connectivity index (χ0n) is 11.1. The minimum Gasteiger partial charge on any atom is -0.294 e. The number of halogens is 1. The van der Waals surface area contributed by atoms with Gasteiger partial charge in [-0.05, 0) is 91.9 Å². The van der Waals surface area contributed by atoms with Crippen LogP contribution in [0.25, 0.3) is 6.08 Å². The molecule has 2 fully saturated rings. The molecule has 2 aliphatic rings. The van der Waals surface area contributed by atoms with Crippen LogP contribution in [0.4, 0.5) is 0 Å². The van der Waals surface area contributed by atoms with Gasteiger partial charge in [-0.3, -0.25) is 4.79 Å². The molecule has 0 aromatic carbocycles. The Morgan fingerprint density at radius 2 is 1.57 bits per heavy atom. The van der Waals surface area contributed by atoms with E-state index in [1.165, 1.54) is 0 Å². The van der Waals surface area contributed by atoms with Crippen molar-refractivity contribution >= 4 is 39.1 Å². The van der Waals surface area contributed by atoms with Crippen LogP contribution in [0.5, 0.6) is 0 Å². The van der Waals surface area contributed by atoms with Gasteiger partial charge < -0.3 is 0 Å². The van der Waals surface area contributed by atoms with Gasteiger partial charge in [0, 0.05) is 14.7 Å². The number of carbonyl (C=O) groups is 1. The molecule has 0 aliphatic heterocycles. The largest absolute Gasteiger partial charge is 2.00 e. The Labute approximate surface area is 151 Å². The summed E-state index contributed by atoms with van der Waals surface area (Å²) in [6, 6.07) is 1.99. The third-order valence-corrected chi connectivity index (χ3v) is 4.15. The van der Waals surface area contributed by atoms with Crippen LogP contribution in [-0.4, -0.2) is 5.78 Å². The zero-order valence-corrected chi connectivity index (χ0v) is 14.6. The summed E-state index contributed by atoms with van der Waals surface area (Å²) in [5.74, 6) is 0.784. The van der Waals surface area contributed by atoms with Crippen molar-refractivity contribution in [2.75, 3.05) is 0 Å². The third-order valence-electron chi connectivity index (χ3n) is 2.49. The Morgan fingerprint density at radius 1 is 1.00 bits per heavy atom. The van der Waals surface area contributed by atoms with Gasteiger partial charge >= 0.3 is 17.1 Å². The molecule has 0 N–H and O–H groups in total. The standard InChI is InChI=1S/C12H8BrOS.C5H5.Fe/c13-10-7-11(15-8-10)5-6-12(14)9-3-1-2-4-9;1-2-4-5-3-1;/h1-8H;1-5H;/q;;+2/b6-5+;;. The van der Waals surface area contributed by atoms with Crippen LogP contribution in [0.1, 0.15) is 4.88 Å². The van der Waals surface area contributed by atoms with Gasteiger partial charge in [-0.25, -0.2) is 0 Å². The molecule has 0 saturated heterocycles. The van der Waals surface area contributed by atoms with Crippen LogP contribution in [0.2, 0.25) is 0 Å². The molecule has 0 unspecified atom stereocenters. The number of ketones is 1. The maximum absolute atomic E-state index is 11.6. The van der Waals surface area contributed by atoms with Crippen LogP contribution in [0.3, 0.4) is 0 Å². The van der Waals surface area contributed by atoms with Crippen molar-refractivity contribution in [1.82, 2.24) is 0 Å². The monoisotopic (exact) mass is 400 g/mol. The molecule has 2 aliphatic carbocycles. The summed E-state index contributed by atoms with van der Waals surface area (Å²) in [5, 5.41) is 1.99. The number of thiophene rings is 1. The molecule has 0 amide bonds.